The number of nitriles is 1. The Hall–Kier alpha value is -0.590. The molecule has 18 heavy (non-hydrogen) atoms. The third kappa shape index (κ3) is 3.46. The fourth-order valence-corrected chi connectivity index (χ4v) is 3.51. The minimum atomic E-state index is -0.536. The SMILES string of the molecule is CC1CCC(O)(CN(CC#N)C2CCCC2)CC1. The van der Waals surface area contributed by atoms with Gasteiger partial charge in [0.25, 0.3) is 0 Å². The van der Waals surface area contributed by atoms with E-state index in [4.69, 9.17) is 5.26 Å². The molecule has 1 N–H and O–H groups in total. The Morgan fingerprint density at radius 2 is 1.83 bits per heavy atom. The van der Waals surface area contributed by atoms with Gasteiger partial charge in [-0.1, -0.05) is 19.8 Å². The van der Waals surface area contributed by atoms with E-state index in [2.05, 4.69) is 17.9 Å². The van der Waals surface area contributed by atoms with Crippen LogP contribution in [0.4, 0.5) is 0 Å². The van der Waals surface area contributed by atoms with Crippen LogP contribution in [0, 0.1) is 17.2 Å². The van der Waals surface area contributed by atoms with E-state index in [1.165, 1.54) is 25.7 Å². The van der Waals surface area contributed by atoms with Gasteiger partial charge in [0.2, 0.25) is 0 Å². The molecule has 0 bridgehead atoms. The predicted octanol–water partition coefficient (Wildman–Crippen LogP) is 2.70. The Labute approximate surface area is 111 Å². The average molecular weight is 250 g/mol. The maximum Gasteiger partial charge on any atom is 0.0869 e. The van der Waals surface area contributed by atoms with Gasteiger partial charge in [-0.3, -0.25) is 4.90 Å². The number of aliphatic hydroxyl groups is 1. The van der Waals surface area contributed by atoms with Gasteiger partial charge in [-0.05, 0) is 44.4 Å². The normalized spacial score (nSPS) is 33.8. The minimum Gasteiger partial charge on any atom is -0.389 e. The van der Waals surface area contributed by atoms with Crippen LogP contribution in [-0.4, -0.2) is 34.7 Å². The van der Waals surface area contributed by atoms with Gasteiger partial charge in [0.05, 0.1) is 18.2 Å². The maximum absolute atomic E-state index is 10.7. The summed E-state index contributed by atoms with van der Waals surface area (Å²) in [7, 11) is 0. The smallest absolute Gasteiger partial charge is 0.0869 e. The molecule has 2 fully saturated rings. The Morgan fingerprint density at radius 1 is 1.22 bits per heavy atom. The molecule has 0 spiro atoms. The van der Waals surface area contributed by atoms with Crippen molar-refractivity contribution in [1.29, 1.82) is 5.26 Å². The van der Waals surface area contributed by atoms with Crippen LogP contribution in [0.3, 0.4) is 0 Å². The molecule has 2 rings (SSSR count). The number of nitrogens with zero attached hydrogens (tertiary/aromatic N) is 2. The van der Waals surface area contributed by atoms with Crippen LogP contribution in [0.25, 0.3) is 0 Å². The van der Waals surface area contributed by atoms with E-state index in [9.17, 15) is 5.11 Å². The minimum absolute atomic E-state index is 0.475. The topological polar surface area (TPSA) is 47.3 Å². The van der Waals surface area contributed by atoms with E-state index >= 15 is 0 Å². The standard InChI is InChI=1S/C15H26N2O/c1-13-6-8-15(18,9-7-13)12-17(11-10-16)14-4-2-3-5-14/h13-14,18H,2-9,11-12H2,1H3. The molecule has 0 atom stereocenters. The van der Waals surface area contributed by atoms with Crippen molar-refractivity contribution in [1.82, 2.24) is 4.90 Å². The van der Waals surface area contributed by atoms with Crippen LogP contribution in [0.5, 0.6) is 0 Å². The van der Waals surface area contributed by atoms with Crippen molar-refractivity contribution in [2.45, 2.75) is 69.9 Å². The van der Waals surface area contributed by atoms with Crippen LogP contribution >= 0.6 is 0 Å². The first-order valence-electron chi connectivity index (χ1n) is 7.46. The van der Waals surface area contributed by atoms with E-state index in [1.807, 2.05) is 0 Å². The molecule has 0 radical (unpaired) electrons. The highest BCUT2D eigenvalue weighted by molar-refractivity contribution is 4.93. The highest BCUT2D eigenvalue weighted by Gasteiger charge is 2.35. The molecule has 0 aromatic heterocycles. The third-order valence-corrected chi connectivity index (χ3v) is 4.82. The molecule has 102 valence electrons. The summed E-state index contributed by atoms with van der Waals surface area (Å²) < 4.78 is 0. The average Bonchev–Trinajstić information content (AvgIpc) is 2.87. The molecular weight excluding hydrogens is 224 g/mol. The quantitative estimate of drug-likeness (QED) is 0.780. The molecule has 0 heterocycles. The zero-order valence-electron chi connectivity index (χ0n) is 11.6. The van der Waals surface area contributed by atoms with E-state index in [0.717, 1.165) is 31.6 Å². The highest BCUT2D eigenvalue weighted by atomic mass is 16.3. The van der Waals surface area contributed by atoms with Crippen molar-refractivity contribution in [2.75, 3.05) is 13.1 Å². The van der Waals surface area contributed by atoms with Crippen molar-refractivity contribution in [3.8, 4) is 6.07 Å². The first-order valence-corrected chi connectivity index (χ1v) is 7.46. The molecule has 2 aliphatic carbocycles. The molecule has 3 nitrogen and oxygen atoms in total. The lowest BCUT2D eigenvalue weighted by molar-refractivity contribution is -0.0404. The molecule has 0 aliphatic heterocycles. The van der Waals surface area contributed by atoms with Crippen molar-refractivity contribution < 1.29 is 5.11 Å². The van der Waals surface area contributed by atoms with Gasteiger partial charge in [0.1, 0.15) is 0 Å². The van der Waals surface area contributed by atoms with Gasteiger partial charge in [0.15, 0.2) is 0 Å². The van der Waals surface area contributed by atoms with Crippen molar-refractivity contribution in [3.63, 3.8) is 0 Å². The lowest BCUT2D eigenvalue weighted by atomic mass is 9.79. The van der Waals surface area contributed by atoms with Gasteiger partial charge < -0.3 is 5.11 Å². The zero-order valence-corrected chi connectivity index (χ0v) is 11.6. The summed E-state index contributed by atoms with van der Waals surface area (Å²) in [6.07, 6.45) is 9.03. The van der Waals surface area contributed by atoms with Gasteiger partial charge in [-0.2, -0.15) is 5.26 Å². The van der Waals surface area contributed by atoms with E-state index in [0.29, 0.717) is 19.1 Å². The summed E-state index contributed by atoms with van der Waals surface area (Å²) in [6, 6.07) is 2.81. The molecule has 3 heteroatoms. The van der Waals surface area contributed by atoms with Gasteiger partial charge in [-0.15, -0.1) is 0 Å². The summed E-state index contributed by atoms with van der Waals surface area (Å²) >= 11 is 0. The van der Waals surface area contributed by atoms with E-state index < -0.39 is 5.60 Å². The Bertz CT molecular complexity index is 296. The second-order valence-electron chi connectivity index (χ2n) is 6.41. The van der Waals surface area contributed by atoms with Crippen molar-refractivity contribution in [2.24, 2.45) is 5.92 Å². The number of rotatable bonds is 4. The molecule has 0 saturated heterocycles. The number of hydrogen-bond acceptors (Lipinski definition) is 3. The third-order valence-electron chi connectivity index (χ3n) is 4.82. The second kappa shape index (κ2) is 6.04. The summed E-state index contributed by atoms with van der Waals surface area (Å²) in [6.45, 7) is 3.45. The molecule has 2 saturated carbocycles. The fourth-order valence-electron chi connectivity index (χ4n) is 3.51. The summed E-state index contributed by atoms with van der Waals surface area (Å²) in [5.74, 6) is 0.751. The lowest BCUT2D eigenvalue weighted by Gasteiger charge is -2.40. The molecule has 0 unspecified atom stereocenters. The molecular formula is C15H26N2O. The van der Waals surface area contributed by atoms with Crippen molar-refractivity contribution >= 4 is 0 Å². The summed E-state index contributed by atoms with van der Waals surface area (Å²) in [5, 5.41) is 19.7. The largest absolute Gasteiger partial charge is 0.389 e. The summed E-state index contributed by atoms with van der Waals surface area (Å²) in [5.41, 5.74) is -0.536. The summed E-state index contributed by atoms with van der Waals surface area (Å²) in [4.78, 5) is 2.24. The Balaban J connectivity index is 1.93. The Morgan fingerprint density at radius 3 is 2.39 bits per heavy atom. The van der Waals surface area contributed by atoms with E-state index in [1.54, 1.807) is 0 Å². The molecule has 2 aliphatic rings. The van der Waals surface area contributed by atoms with Gasteiger partial charge >= 0.3 is 0 Å². The van der Waals surface area contributed by atoms with Crippen LogP contribution in [0.15, 0.2) is 0 Å². The van der Waals surface area contributed by atoms with Gasteiger partial charge in [-0.25, -0.2) is 0 Å². The predicted molar refractivity (Wildman–Crippen MR) is 72.0 cm³/mol. The van der Waals surface area contributed by atoms with Crippen LogP contribution in [-0.2, 0) is 0 Å². The first-order chi connectivity index (χ1) is 8.63. The monoisotopic (exact) mass is 250 g/mol. The van der Waals surface area contributed by atoms with Crippen LogP contribution in [0.1, 0.15) is 58.3 Å². The van der Waals surface area contributed by atoms with Crippen molar-refractivity contribution in [3.05, 3.63) is 0 Å². The molecule has 0 aromatic rings. The Kier molecular flexibility index (Phi) is 4.64. The molecule has 0 aromatic carbocycles. The number of hydrogen-bond donors (Lipinski definition) is 1. The zero-order chi connectivity index (χ0) is 13.0. The molecule has 0 amide bonds. The van der Waals surface area contributed by atoms with Crippen LogP contribution < -0.4 is 0 Å². The van der Waals surface area contributed by atoms with E-state index in [-0.39, 0.29) is 0 Å². The lowest BCUT2D eigenvalue weighted by Crippen LogP contribution is -2.48. The second-order valence-corrected chi connectivity index (χ2v) is 6.41. The first kappa shape index (κ1) is 13.8. The fraction of sp³-hybridized carbons (Fsp3) is 0.933. The van der Waals surface area contributed by atoms with Gasteiger partial charge in [0, 0.05) is 12.6 Å². The maximum atomic E-state index is 10.7. The van der Waals surface area contributed by atoms with Crippen LogP contribution in [0.2, 0.25) is 0 Å². The highest BCUT2D eigenvalue weighted by Crippen LogP contribution is 2.34.